The summed E-state index contributed by atoms with van der Waals surface area (Å²) in [5, 5.41) is 0. The van der Waals surface area contributed by atoms with Crippen LogP contribution in [0.3, 0.4) is 0 Å². The SMILES string of the molecule is CN(CC1CCCCO1)c1ncc(Br)cn1. The molecule has 0 spiro atoms. The Hall–Kier alpha value is -0.680. The molecule has 0 amide bonds. The van der Waals surface area contributed by atoms with Gasteiger partial charge in [0.15, 0.2) is 0 Å². The lowest BCUT2D eigenvalue weighted by Gasteiger charge is -2.27. The minimum Gasteiger partial charge on any atom is -0.376 e. The highest BCUT2D eigenvalue weighted by Crippen LogP contribution is 2.16. The first-order valence-electron chi connectivity index (χ1n) is 5.56. The fourth-order valence-corrected chi connectivity index (χ4v) is 2.05. The molecule has 16 heavy (non-hydrogen) atoms. The summed E-state index contributed by atoms with van der Waals surface area (Å²) in [6, 6.07) is 0. The maximum atomic E-state index is 5.69. The Labute approximate surface area is 104 Å². The van der Waals surface area contributed by atoms with Gasteiger partial charge in [-0.3, -0.25) is 0 Å². The van der Waals surface area contributed by atoms with Crippen molar-refractivity contribution in [2.45, 2.75) is 25.4 Å². The molecule has 1 fully saturated rings. The first-order valence-corrected chi connectivity index (χ1v) is 6.35. The lowest BCUT2D eigenvalue weighted by Crippen LogP contribution is -2.34. The minimum absolute atomic E-state index is 0.325. The van der Waals surface area contributed by atoms with Gasteiger partial charge in [-0.05, 0) is 35.2 Å². The second-order valence-electron chi connectivity index (χ2n) is 4.07. The zero-order valence-corrected chi connectivity index (χ0v) is 11.0. The molecular formula is C11H16BrN3O. The fourth-order valence-electron chi connectivity index (χ4n) is 1.84. The van der Waals surface area contributed by atoms with Crippen molar-refractivity contribution >= 4 is 21.9 Å². The first kappa shape index (κ1) is 11.8. The molecule has 0 aromatic carbocycles. The predicted molar refractivity (Wildman–Crippen MR) is 66.6 cm³/mol. The molecule has 1 aliphatic rings. The van der Waals surface area contributed by atoms with Crippen molar-refractivity contribution in [3.05, 3.63) is 16.9 Å². The van der Waals surface area contributed by atoms with Gasteiger partial charge in [0.05, 0.1) is 10.6 Å². The Morgan fingerprint density at radius 1 is 1.44 bits per heavy atom. The van der Waals surface area contributed by atoms with Crippen LogP contribution in [0.4, 0.5) is 5.95 Å². The van der Waals surface area contributed by atoms with Crippen LogP contribution in [-0.4, -0.2) is 36.3 Å². The Balaban J connectivity index is 1.91. The molecule has 0 aliphatic carbocycles. The molecule has 1 unspecified atom stereocenters. The molecular weight excluding hydrogens is 270 g/mol. The minimum atomic E-state index is 0.325. The molecule has 2 rings (SSSR count). The number of halogens is 1. The average molecular weight is 286 g/mol. The molecule has 0 radical (unpaired) electrons. The van der Waals surface area contributed by atoms with Gasteiger partial charge in [0, 0.05) is 32.6 Å². The van der Waals surface area contributed by atoms with E-state index in [1.54, 1.807) is 12.4 Å². The topological polar surface area (TPSA) is 38.2 Å². The summed E-state index contributed by atoms with van der Waals surface area (Å²) in [6.07, 6.45) is 7.45. The van der Waals surface area contributed by atoms with E-state index in [2.05, 4.69) is 25.9 Å². The van der Waals surface area contributed by atoms with E-state index in [-0.39, 0.29) is 0 Å². The molecule has 0 saturated carbocycles. The quantitative estimate of drug-likeness (QED) is 0.854. The van der Waals surface area contributed by atoms with Gasteiger partial charge in [-0.15, -0.1) is 0 Å². The molecule has 4 nitrogen and oxygen atoms in total. The molecule has 1 aromatic rings. The molecule has 1 saturated heterocycles. The maximum Gasteiger partial charge on any atom is 0.225 e. The van der Waals surface area contributed by atoms with Crippen LogP contribution in [0.5, 0.6) is 0 Å². The van der Waals surface area contributed by atoms with Crippen molar-refractivity contribution in [2.24, 2.45) is 0 Å². The highest BCUT2D eigenvalue weighted by molar-refractivity contribution is 9.10. The summed E-state index contributed by atoms with van der Waals surface area (Å²) in [5.74, 6) is 0.748. The van der Waals surface area contributed by atoms with Gasteiger partial charge in [0.25, 0.3) is 0 Å². The van der Waals surface area contributed by atoms with Crippen LogP contribution in [-0.2, 0) is 4.74 Å². The number of rotatable bonds is 3. The number of ether oxygens (including phenoxy) is 1. The van der Waals surface area contributed by atoms with Crippen molar-refractivity contribution in [1.29, 1.82) is 0 Å². The standard InChI is InChI=1S/C11H16BrN3O/c1-15(8-10-4-2-3-5-16-10)11-13-6-9(12)7-14-11/h6-7,10H,2-5,8H2,1H3. The molecule has 0 bridgehead atoms. The number of aromatic nitrogens is 2. The largest absolute Gasteiger partial charge is 0.376 e. The van der Waals surface area contributed by atoms with Crippen molar-refractivity contribution in [2.75, 3.05) is 25.1 Å². The number of likely N-dealkylation sites (N-methyl/N-ethyl adjacent to an activating group) is 1. The van der Waals surface area contributed by atoms with Gasteiger partial charge in [0.2, 0.25) is 5.95 Å². The smallest absolute Gasteiger partial charge is 0.225 e. The summed E-state index contributed by atoms with van der Waals surface area (Å²) >= 11 is 3.32. The summed E-state index contributed by atoms with van der Waals surface area (Å²) < 4.78 is 6.59. The molecule has 0 N–H and O–H groups in total. The summed E-state index contributed by atoms with van der Waals surface area (Å²) in [4.78, 5) is 10.6. The van der Waals surface area contributed by atoms with Crippen molar-refractivity contribution in [3.63, 3.8) is 0 Å². The Morgan fingerprint density at radius 3 is 2.81 bits per heavy atom. The number of hydrogen-bond donors (Lipinski definition) is 0. The molecule has 1 aromatic heterocycles. The Morgan fingerprint density at radius 2 is 2.19 bits per heavy atom. The van der Waals surface area contributed by atoms with E-state index in [1.807, 2.05) is 11.9 Å². The van der Waals surface area contributed by atoms with E-state index in [0.29, 0.717) is 6.10 Å². The normalized spacial score (nSPS) is 20.8. The Bertz CT molecular complexity index is 325. The predicted octanol–water partition coefficient (Wildman–Crippen LogP) is 2.24. The van der Waals surface area contributed by atoms with Crippen LogP contribution in [0.1, 0.15) is 19.3 Å². The molecule has 5 heteroatoms. The van der Waals surface area contributed by atoms with Crippen LogP contribution in [0.15, 0.2) is 16.9 Å². The second-order valence-corrected chi connectivity index (χ2v) is 4.99. The van der Waals surface area contributed by atoms with Crippen LogP contribution >= 0.6 is 15.9 Å². The fraction of sp³-hybridized carbons (Fsp3) is 0.636. The molecule has 88 valence electrons. The maximum absolute atomic E-state index is 5.69. The molecule has 1 atom stereocenters. The van der Waals surface area contributed by atoms with Gasteiger partial charge in [0.1, 0.15) is 0 Å². The number of hydrogen-bond acceptors (Lipinski definition) is 4. The van der Waals surface area contributed by atoms with Crippen LogP contribution in [0.25, 0.3) is 0 Å². The second kappa shape index (κ2) is 5.59. The van der Waals surface area contributed by atoms with E-state index in [0.717, 1.165) is 30.0 Å². The van der Waals surface area contributed by atoms with E-state index < -0.39 is 0 Å². The zero-order chi connectivity index (χ0) is 11.4. The average Bonchev–Trinajstić information content (AvgIpc) is 2.31. The van der Waals surface area contributed by atoms with Crippen LogP contribution in [0, 0.1) is 0 Å². The monoisotopic (exact) mass is 285 g/mol. The third kappa shape index (κ3) is 3.15. The third-order valence-corrected chi connectivity index (χ3v) is 3.11. The number of nitrogens with zero attached hydrogens (tertiary/aromatic N) is 3. The van der Waals surface area contributed by atoms with Crippen LogP contribution in [0.2, 0.25) is 0 Å². The van der Waals surface area contributed by atoms with Gasteiger partial charge in [-0.25, -0.2) is 9.97 Å². The van der Waals surface area contributed by atoms with Crippen molar-refractivity contribution in [3.8, 4) is 0 Å². The molecule has 1 aliphatic heterocycles. The highest BCUT2D eigenvalue weighted by Gasteiger charge is 2.16. The van der Waals surface area contributed by atoms with Gasteiger partial charge in [-0.1, -0.05) is 0 Å². The lowest BCUT2D eigenvalue weighted by atomic mass is 10.1. The zero-order valence-electron chi connectivity index (χ0n) is 9.40. The molecule has 2 heterocycles. The third-order valence-electron chi connectivity index (χ3n) is 2.70. The van der Waals surface area contributed by atoms with Crippen LogP contribution < -0.4 is 4.90 Å². The summed E-state index contributed by atoms with van der Waals surface area (Å²) in [7, 11) is 2.00. The van der Waals surface area contributed by atoms with E-state index in [1.165, 1.54) is 12.8 Å². The first-order chi connectivity index (χ1) is 7.75. The van der Waals surface area contributed by atoms with Gasteiger partial charge >= 0.3 is 0 Å². The van der Waals surface area contributed by atoms with E-state index in [4.69, 9.17) is 4.74 Å². The summed E-state index contributed by atoms with van der Waals surface area (Å²) in [6.45, 7) is 1.75. The van der Waals surface area contributed by atoms with Crippen molar-refractivity contribution in [1.82, 2.24) is 9.97 Å². The highest BCUT2D eigenvalue weighted by atomic mass is 79.9. The lowest BCUT2D eigenvalue weighted by molar-refractivity contribution is 0.0214. The van der Waals surface area contributed by atoms with Gasteiger partial charge < -0.3 is 9.64 Å². The Kier molecular flexibility index (Phi) is 4.12. The van der Waals surface area contributed by atoms with E-state index in [9.17, 15) is 0 Å². The summed E-state index contributed by atoms with van der Waals surface area (Å²) in [5.41, 5.74) is 0. The van der Waals surface area contributed by atoms with Crippen molar-refractivity contribution < 1.29 is 4.74 Å². The van der Waals surface area contributed by atoms with E-state index >= 15 is 0 Å². The number of anilines is 1. The van der Waals surface area contributed by atoms with Gasteiger partial charge in [-0.2, -0.15) is 0 Å².